The molecule has 3 aliphatic rings. The van der Waals surface area contributed by atoms with E-state index in [1.165, 1.54) is 0 Å². The predicted molar refractivity (Wildman–Crippen MR) is 125 cm³/mol. The van der Waals surface area contributed by atoms with Crippen molar-refractivity contribution in [3.05, 3.63) is 53.1 Å². The summed E-state index contributed by atoms with van der Waals surface area (Å²) in [5.41, 5.74) is 0.203. The Labute approximate surface area is 202 Å². The molecule has 9 nitrogen and oxygen atoms in total. The normalized spacial score (nSPS) is 22.1. The fraction of sp³-hybridized carbons (Fsp3) is 0.375. The highest BCUT2D eigenvalue weighted by Crippen LogP contribution is 2.37. The molecule has 0 unspecified atom stereocenters. The lowest BCUT2D eigenvalue weighted by molar-refractivity contribution is -0.139. The minimum absolute atomic E-state index is 0.270. The molecular weight excluding hydrogens is 460 g/mol. The van der Waals surface area contributed by atoms with Gasteiger partial charge >= 0.3 is 6.03 Å². The summed E-state index contributed by atoms with van der Waals surface area (Å²) in [5.74, 6) is 0.377. The van der Waals surface area contributed by atoms with Gasteiger partial charge in [-0.05, 0) is 36.8 Å². The smallest absolute Gasteiger partial charge is 0.325 e. The molecule has 34 heavy (non-hydrogen) atoms. The van der Waals surface area contributed by atoms with Crippen LogP contribution in [0, 0.1) is 0 Å². The third-order valence-corrected chi connectivity index (χ3v) is 6.83. The molecule has 3 aliphatic heterocycles. The summed E-state index contributed by atoms with van der Waals surface area (Å²) in [5, 5.41) is 3.41. The number of fused-ring (bicyclic) bond motifs is 1. The maximum atomic E-state index is 13.3. The van der Waals surface area contributed by atoms with Crippen molar-refractivity contribution < 1.29 is 23.9 Å². The highest BCUT2D eigenvalue weighted by Gasteiger charge is 2.50. The number of para-hydroxylation sites is 1. The molecule has 0 radical (unpaired) electrons. The van der Waals surface area contributed by atoms with Crippen molar-refractivity contribution in [2.75, 3.05) is 50.8 Å². The van der Waals surface area contributed by atoms with Crippen LogP contribution in [0.3, 0.4) is 0 Å². The fourth-order valence-corrected chi connectivity index (χ4v) is 4.79. The zero-order chi connectivity index (χ0) is 23.9. The molecule has 5 rings (SSSR count). The van der Waals surface area contributed by atoms with Crippen molar-refractivity contribution in [3.8, 4) is 11.5 Å². The van der Waals surface area contributed by atoms with E-state index in [0.717, 1.165) is 10.6 Å². The van der Waals surface area contributed by atoms with Gasteiger partial charge in [-0.15, -0.1) is 0 Å². The van der Waals surface area contributed by atoms with E-state index < -0.39 is 17.5 Å². The number of piperazine rings is 1. The van der Waals surface area contributed by atoms with Crippen molar-refractivity contribution in [2.45, 2.75) is 12.5 Å². The van der Waals surface area contributed by atoms with Gasteiger partial charge in [0.05, 0.1) is 10.7 Å². The van der Waals surface area contributed by atoms with Crippen molar-refractivity contribution in [1.82, 2.24) is 15.1 Å². The van der Waals surface area contributed by atoms with Gasteiger partial charge in [0.1, 0.15) is 25.3 Å². The van der Waals surface area contributed by atoms with Crippen molar-refractivity contribution in [3.63, 3.8) is 0 Å². The molecule has 4 amide bonds. The number of nitrogens with one attached hydrogen (secondary N) is 1. The van der Waals surface area contributed by atoms with Gasteiger partial charge < -0.3 is 24.6 Å². The molecule has 0 aliphatic carbocycles. The topological polar surface area (TPSA) is 91.4 Å². The van der Waals surface area contributed by atoms with E-state index in [2.05, 4.69) is 10.2 Å². The van der Waals surface area contributed by atoms with Crippen LogP contribution >= 0.6 is 11.6 Å². The third-order valence-electron chi connectivity index (χ3n) is 6.51. The SMILES string of the molecule is C[C@]1(c2ccc3c(c2)OCCO3)NC(=O)N(CC(=O)N2CCN(c3ccccc3Cl)CC2)C1=O. The molecule has 1 N–H and O–H groups in total. The van der Waals surface area contributed by atoms with Gasteiger partial charge in [0.15, 0.2) is 11.5 Å². The highest BCUT2D eigenvalue weighted by molar-refractivity contribution is 6.33. The number of carbonyl (C=O) groups excluding carboxylic acids is 3. The van der Waals surface area contributed by atoms with Gasteiger partial charge in [0.25, 0.3) is 5.91 Å². The molecule has 178 valence electrons. The molecule has 2 saturated heterocycles. The van der Waals surface area contributed by atoms with Crippen LogP contribution in [0.25, 0.3) is 0 Å². The summed E-state index contributed by atoms with van der Waals surface area (Å²) < 4.78 is 11.2. The number of hydrogen-bond donors (Lipinski definition) is 1. The fourth-order valence-electron chi connectivity index (χ4n) is 4.53. The molecule has 1 atom stereocenters. The Kier molecular flexibility index (Phi) is 5.73. The van der Waals surface area contributed by atoms with Gasteiger partial charge in [-0.25, -0.2) is 4.79 Å². The molecule has 0 aromatic heterocycles. The molecule has 10 heteroatoms. The van der Waals surface area contributed by atoms with Crippen LogP contribution < -0.4 is 19.7 Å². The first kappa shape index (κ1) is 22.3. The molecule has 0 spiro atoms. The van der Waals surface area contributed by atoms with E-state index in [0.29, 0.717) is 61.5 Å². The molecule has 2 aromatic carbocycles. The molecule has 3 heterocycles. The van der Waals surface area contributed by atoms with E-state index in [4.69, 9.17) is 21.1 Å². The Bertz CT molecular complexity index is 1150. The zero-order valence-corrected chi connectivity index (χ0v) is 19.5. The first-order valence-corrected chi connectivity index (χ1v) is 11.6. The number of urea groups is 1. The number of carbonyl (C=O) groups is 3. The van der Waals surface area contributed by atoms with Crippen LogP contribution in [0.5, 0.6) is 11.5 Å². The molecule has 2 fully saturated rings. The number of anilines is 1. The Morgan fingerprint density at radius 3 is 2.47 bits per heavy atom. The first-order valence-electron chi connectivity index (χ1n) is 11.2. The van der Waals surface area contributed by atoms with Crippen LogP contribution in [0.4, 0.5) is 10.5 Å². The van der Waals surface area contributed by atoms with Crippen molar-refractivity contribution in [2.24, 2.45) is 0 Å². The second kappa shape index (κ2) is 8.72. The molecule has 0 bridgehead atoms. The minimum atomic E-state index is -1.30. The summed E-state index contributed by atoms with van der Waals surface area (Å²) >= 11 is 6.29. The van der Waals surface area contributed by atoms with Crippen LogP contribution in [0.15, 0.2) is 42.5 Å². The highest BCUT2D eigenvalue weighted by atomic mass is 35.5. The van der Waals surface area contributed by atoms with Gasteiger partial charge in [0.2, 0.25) is 5.91 Å². The second-order valence-corrected chi connectivity index (χ2v) is 9.03. The molecule has 0 saturated carbocycles. The number of nitrogens with zero attached hydrogens (tertiary/aromatic N) is 3. The van der Waals surface area contributed by atoms with E-state index in [1.54, 1.807) is 30.0 Å². The van der Waals surface area contributed by atoms with Crippen molar-refractivity contribution in [1.29, 1.82) is 0 Å². The summed E-state index contributed by atoms with van der Waals surface area (Å²) in [7, 11) is 0. The first-order chi connectivity index (χ1) is 16.4. The number of hydrogen-bond acceptors (Lipinski definition) is 6. The van der Waals surface area contributed by atoms with Gasteiger partial charge in [0, 0.05) is 26.2 Å². The average molecular weight is 485 g/mol. The van der Waals surface area contributed by atoms with E-state index in [-0.39, 0.29) is 12.5 Å². The summed E-state index contributed by atoms with van der Waals surface area (Å²) in [6.07, 6.45) is 0. The Morgan fingerprint density at radius 1 is 1.03 bits per heavy atom. The maximum absolute atomic E-state index is 13.3. The van der Waals surface area contributed by atoms with Gasteiger partial charge in [-0.2, -0.15) is 0 Å². The van der Waals surface area contributed by atoms with Crippen LogP contribution in [0.2, 0.25) is 5.02 Å². The lowest BCUT2D eigenvalue weighted by atomic mass is 9.91. The number of halogens is 1. The molecule has 2 aromatic rings. The van der Waals surface area contributed by atoms with Crippen molar-refractivity contribution >= 4 is 35.1 Å². The van der Waals surface area contributed by atoms with Crippen LogP contribution in [-0.4, -0.2) is 73.6 Å². The van der Waals surface area contributed by atoms with Gasteiger partial charge in [-0.3, -0.25) is 14.5 Å². The second-order valence-electron chi connectivity index (χ2n) is 8.62. The van der Waals surface area contributed by atoms with E-state index in [1.807, 2.05) is 24.3 Å². The van der Waals surface area contributed by atoms with Crippen LogP contribution in [0.1, 0.15) is 12.5 Å². The van der Waals surface area contributed by atoms with E-state index >= 15 is 0 Å². The average Bonchev–Trinajstić information content (AvgIpc) is 3.08. The number of imide groups is 1. The third kappa shape index (κ3) is 3.90. The summed E-state index contributed by atoms with van der Waals surface area (Å²) in [4.78, 5) is 43.7. The number of amides is 4. The standard InChI is InChI=1S/C24H25ClN4O5/c1-24(16-6-7-19-20(14-16)34-13-12-33-19)22(31)29(23(32)26-24)15-21(30)28-10-8-27(9-11-28)18-5-3-2-4-17(18)25/h2-7,14H,8-13,15H2,1H3,(H,26,32)/t24-/m1/s1. The van der Waals surface area contributed by atoms with Gasteiger partial charge in [-0.1, -0.05) is 29.8 Å². The van der Waals surface area contributed by atoms with E-state index in [9.17, 15) is 14.4 Å². The zero-order valence-electron chi connectivity index (χ0n) is 18.8. The number of rotatable bonds is 4. The largest absolute Gasteiger partial charge is 0.486 e. The summed E-state index contributed by atoms with van der Waals surface area (Å²) in [6.45, 7) is 4.39. The Morgan fingerprint density at radius 2 is 1.74 bits per heavy atom. The monoisotopic (exact) mass is 484 g/mol. The lowest BCUT2D eigenvalue weighted by Crippen LogP contribution is -2.52. The quantitative estimate of drug-likeness (QED) is 0.669. The number of benzene rings is 2. The number of ether oxygens (including phenoxy) is 2. The summed E-state index contributed by atoms with van der Waals surface area (Å²) in [6, 6.07) is 12.1. The Hall–Kier alpha value is -3.46. The minimum Gasteiger partial charge on any atom is -0.486 e. The Balaban J connectivity index is 1.24. The maximum Gasteiger partial charge on any atom is 0.325 e. The lowest BCUT2D eigenvalue weighted by Gasteiger charge is -2.37. The molecular formula is C24H25ClN4O5. The predicted octanol–water partition coefficient (Wildman–Crippen LogP) is 2.23. The van der Waals surface area contributed by atoms with Crippen LogP contribution in [-0.2, 0) is 15.1 Å².